The first-order chi connectivity index (χ1) is 10.8. The van der Waals surface area contributed by atoms with Crippen molar-refractivity contribution in [2.45, 2.75) is 18.2 Å². The Kier molecular flexibility index (Phi) is 4.97. The Balaban J connectivity index is 2.47. The minimum atomic E-state index is -3.82. The summed E-state index contributed by atoms with van der Waals surface area (Å²) in [5.74, 6) is -1.02. The van der Waals surface area contributed by atoms with Crippen LogP contribution < -0.4 is 25.0 Å². The Morgan fingerprint density at radius 1 is 1.35 bits per heavy atom. The highest BCUT2D eigenvalue weighted by Gasteiger charge is 2.36. The molecule has 0 aromatic heterocycles. The Hall–Kier alpha value is -2.04. The van der Waals surface area contributed by atoms with E-state index in [1.165, 1.54) is 26.4 Å². The van der Waals surface area contributed by atoms with Crippen LogP contribution in [0, 0.1) is 0 Å². The number of anilines is 1. The van der Waals surface area contributed by atoms with Gasteiger partial charge in [0.25, 0.3) is 0 Å². The van der Waals surface area contributed by atoms with Gasteiger partial charge in [-0.05, 0) is 6.92 Å². The maximum atomic E-state index is 12.5. The second-order valence-electron chi connectivity index (χ2n) is 5.06. The van der Waals surface area contributed by atoms with Gasteiger partial charge in [0.2, 0.25) is 10.0 Å². The SMILES string of the molecule is COc1cc(NS(=O)(=O)C2CNNC2C)c(C(=O)O)c(OC)c1. The van der Waals surface area contributed by atoms with Crippen molar-refractivity contribution in [3.63, 3.8) is 0 Å². The number of rotatable bonds is 6. The van der Waals surface area contributed by atoms with Gasteiger partial charge >= 0.3 is 5.97 Å². The fourth-order valence-corrected chi connectivity index (χ4v) is 3.89. The first kappa shape index (κ1) is 17.3. The van der Waals surface area contributed by atoms with Crippen LogP contribution in [0.1, 0.15) is 17.3 Å². The third-order valence-corrected chi connectivity index (χ3v) is 5.46. The molecule has 1 aliphatic rings. The molecule has 9 nitrogen and oxygen atoms in total. The summed E-state index contributed by atoms with van der Waals surface area (Å²) in [6.07, 6.45) is 0. The molecule has 0 saturated carbocycles. The molecule has 0 radical (unpaired) electrons. The van der Waals surface area contributed by atoms with Crippen LogP contribution in [0.25, 0.3) is 0 Å². The number of hydrogen-bond donors (Lipinski definition) is 4. The number of benzene rings is 1. The van der Waals surface area contributed by atoms with Crippen LogP contribution in [0.4, 0.5) is 5.69 Å². The average molecular weight is 345 g/mol. The van der Waals surface area contributed by atoms with E-state index in [0.717, 1.165) is 0 Å². The van der Waals surface area contributed by atoms with Crippen molar-refractivity contribution in [3.05, 3.63) is 17.7 Å². The number of hydrazine groups is 1. The largest absolute Gasteiger partial charge is 0.497 e. The molecule has 0 bridgehead atoms. The van der Waals surface area contributed by atoms with E-state index in [0.29, 0.717) is 0 Å². The summed E-state index contributed by atoms with van der Waals surface area (Å²) in [7, 11) is -1.13. The Bertz CT molecular complexity index is 706. The van der Waals surface area contributed by atoms with Gasteiger partial charge in [0, 0.05) is 24.7 Å². The number of methoxy groups -OCH3 is 2. The summed E-state index contributed by atoms with van der Waals surface area (Å²) in [4.78, 5) is 11.5. The molecule has 1 heterocycles. The van der Waals surface area contributed by atoms with Crippen LogP contribution in [0.15, 0.2) is 12.1 Å². The van der Waals surface area contributed by atoms with Gasteiger partial charge in [0.1, 0.15) is 22.3 Å². The quantitative estimate of drug-likeness (QED) is 0.568. The standard InChI is InChI=1S/C13H19N3O6S/c1-7-11(6-14-15-7)23(19,20)16-9-4-8(21-2)5-10(22-3)12(9)13(17)18/h4-5,7,11,14-16H,6H2,1-3H3,(H,17,18). The number of sulfonamides is 1. The van der Waals surface area contributed by atoms with Crippen molar-refractivity contribution in [2.75, 3.05) is 25.5 Å². The predicted molar refractivity (Wildman–Crippen MR) is 83.4 cm³/mol. The summed E-state index contributed by atoms with van der Waals surface area (Å²) >= 11 is 0. The number of aromatic carboxylic acids is 1. The van der Waals surface area contributed by atoms with E-state index in [9.17, 15) is 18.3 Å². The molecular weight excluding hydrogens is 326 g/mol. The van der Waals surface area contributed by atoms with Crippen LogP contribution >= 0.6 is 0 Å². The summed E-state index contributed by atoms with van der Waals surface area (Å²) in [6, 6.07) is 2.36. The van der Waals surface area contributed by atoms with Crippen LogP contribution in [0.2, 0.25) is 0 Å². The van der Waals surface area contributed by atoms with Crippen LogP contribution in [0.3, 0.4) is 0 Å². The van der Waals surface area contributed by atoms with Gasteiger partial charge in [-0.1, -0.05) is 0 Å². The topological polar surface area (TPSA) is 126 Å². The van der Waals surface area contributed by atoms with Crippen molar-refractivity contribution in [1.29, 1.82) is 0 Å². The van der Waals surface area contributed by atoms with Crippen molar-refractivity contribution < 1.29 is 27.8 Å². The zero-order valence-electron chi connectivity index (χ0n) is 12.9. The van der Waals surface area contributed by atoms with Gasteiger partial charge in [-0.15, -0.1) is 0 Å². The number of carbonyl (C=O) groups is 1. The molecule has 0 spiro atoms. The molecule has 1 fully saturated rings. The van der Waals surface area contributed by atoms with Crippen molar-refractivity contribution >= 4 is 21.7 Å². The molecule has 1 aromatic rings. The molecule has 2 unspecified atom stereocenters. The van der Waals surface area contributed by atoms with E-state index in [1.54, 1.807) is 6.92 Å². The normalized spacial score (nSPS) is 21.0. The van der Waals surface area contributed by atoms with E-state index in [-0.39, 0.29) is 35.3 Å². The summed E-state index contributed by atoms with van der Waals surface area (Å²) in [6.45, 7) is 1.92. The van der Waals surface area contributed by atoms with Crippen LogP contribution in [-0.4, -0.2) is 51.5 Å². The summed E-state index contributed by atoms with van der Waals surface area (Å²) in [5, 5.41) is 8.63. The van der Waals surface area contributed by atoms with Gasteiger partial charge in [0.05, 0.1) is 19.9 Å². The van der Waals surface area contributed by atoms with Gasteiger partial charge in [0.15, 0.2) is 0 Å². The highest BCUT2D eigenvalue weighted by atomic mass is 32.2. The van der Waals surface area contributed by atoms with Gasteiger partial charge in [-0.3, -0.25) is 15.6 Å². The van der Waals surface area contributed by atoms with Crippen molar-refractivity contribution in [1.82, 2.24) is 10.9 Å². The maximum absolute atomic E-state index is 12.5. The maximum Gasteiger partial charge on any atom is 0.341 e. The Morgan fingerprint density at radius 2 is 2.04 bits per heavy atom. The lowest BCUT2D eigenvalue weighted by molar-refractivity contribution is 0.0694. The fourth-order valence-electron chi connectivity index (χ4n) is 2.37. The van der Waals surface area contributed by atoms with E-state index in [1.807, 2.05) is 0 Å². The summed E-state index contributed by atoms with van der Waals surface area (Å²) < 4.78 is 37.5. The molecule has 1 saturated heterocycles. The highest BCUT2D eigenvalue weighted by Crippen LogP contribution is 2.33. The average Bonchev–Trinajstić information content (AvgIpc) is 2.92. The lowest BCUT2D eigenvalue weighted by Gasteiger charge is -2.19. The lowest BCUT2D eigenvalue weighted by Crippen LogP contribution is -2.38. The molecule has 2 rings (SSSR count). The first-order valence-electron chi connectivity index (χ1n) is 6.79. The molecular formula is C13H19N3O6S. The smallest absolute Gasteiger partial charge is 0.341 e. The molecule has 128 valence electrons. The predicted octanol–water partition coefficient (Wildman–Crippen LogP) is 0.00860. The number of hydrogen-bond acceptors (Lipinski definition) is 7. The molecule has 10 heteroatoms. The number of ether oxygens (including phenoxy) is 2. The minimum Gasteiger partial charge on any atom is -0.497 e. The summed E-state index contributed by atoms with van der Waals surface area (Å²) in [5.41, 5.74) is 5.19. The van der Waals surface area contributed by atoms with Crippen LogP contribution in [0.5, 0.6) is 11.5 Å². The number of nitrogens with one attached hydrogen (secondary N) is 3. The highest BCUT2D eigenvalue weighted by molar-refractivity contribution is 7.93. The van der Waals surface area contributed by atoms with E-state index in [4.69, 9.17) is 9.47 Å². The fraction of sp³-hybridized carbons (Fsp3) is 0.462. The molecule has 0 aliphatic carbocycles. The Labute approximate surface area is 134 Å². The number of carboxylic acids is 1. The molecule has 2 atom stereocenters. The van der Waals surface area contributed by atoms with Crippen molar-refractivity contribution in [2.24, 2.45) is 0 Å². The van der Waals surface area contributed by atoms with E-state index >= 15 is 0 Å². The number of carboxylic acid groups (broad SMARTS) is 1. The second kappa shape index (κ2) is 6.60. The molecule has 1 aromatic carbocycles. The van der Waals surface area contributed by atoms with Gasteiger partial charge < -0.3 is 14.6 Å². The van der Waals surface area contributed by atoms with E-state index in [2.05, 4.69) is 15.6 Å². The lowest BCUT2D eigenvalue weighted by atomic mass is 10.1. The molecule has 1 aliphatic heterocycles. The van der Waals surface area contributed by atoms with Crippen LogP contribution in [-0.2, 0) is 10.0 Å². The third-order valence-electron chi connectivity index (χ3n) is 3.59. The molecule has 23 heavy (non-hydrogen) atoms. The minimum absolute atomic E-state index is 0.00488. The zero-order chi connectivity index (χ0) is 17.2. The third kappa shape index (κ3) is 3.49. The molecule has 0 amide bonds. The Morgan fingerprint density at radius 3 is 2.52 bits per heavy atom. The van der Waals surface area contributed by atoms with E-state index < -0.39 is 21.2 Å². The monoisotopic (exact) mass is 345 g/mol. The molecule has 4 N–H and O–H groups in total. The zero-order valence-corrected chi connectivity index (χ0v) is 13.7. The second-order valence-corrected chi connectivity index (χ2v) is 6.96. The first-order valence-corrected chi connectivity index (χ1v) is 8.34. The van der Waals surface area contributed by atoms with Crippen molar-refractivity contribution in [3.8, 4) is 11.5 Å². The van der Waals surface area contributed by atoms with Gasteiger partial charge in [-0.25, -0.2) is 13.2 Å². The van der Waals surface area contributed by atoms with Gasteiger partial charge in [-0.2, -0.15) is 0 Å².